The Balaban J connectivity index is 1.92. The van der Waals surface area contributed by atoms with Gasteiger partial charge in [-0.2, -0.15) is 0 Å². The summed E-state index contributed by atoms with van der Waals surface area (Å²) in [6.45, 7) is 1.16. The minimum Gasteiger partial charge on any atom is -0.359 e. The van der Waals surface area contributed by atoms with Crippen LogP contribution >= 0.6 is 23.2 Å². The number of imidazole rings is 1. The first kappa shape index (κ1) is 14.8. The van der Waals surface area contributed by atoms with E-state index in [1.807, 2.05) is 35.0 Å². The summed E-state index contributed by atoms with van der Waals surface area (Å²) >= 11 is 12.6. The number of ether oxygens (including phenoxy) is 1. The summed E-state index contributed by atoms with van der Waals surface area (Å²) in [7, 11) is 0. The Hall–Kier alpha value is -1.81. The van der Waals surface area contributed by atoms with Gasteiger partial charge in [0.25, 0.3) is 0 Å². The molecule has 2 heterocycles. The Morgan fingerprint density at radius 1 is 1.13 bits per heavy atom. The molecule has 0 N–H and O–H groups in total. The first-order valence-corrected chi connectivity index (χ1v) is 8.08. The van der Waals surface area contributed by atoms with Crippen LogP contribution in [0.1, 0.15) is 16.7 Å². The molecule has 1 aliphatic rings. The van der Waals surface area contributed by atoms with E-state index in [-0.39, 0.29) is 0 Å². The molecule has 0 saturated heterocycles. The lowest BCUT2D eigenvalue weighted by atomic mass is 9.85. The van der Waals surface area contributed by atoms with Gasteiger partial charge in [-0.05, 0) is 23.3 Å². The van der Waals surface area contributed by atoms with Crippen LogP contribution in [0, 0.1) is 0 Å². The topological polar surface area (TPSA) is 27.1 Å². The average Bonchev–Trinajstić information content (AvgIpc) is 3.17. The van der Waals surface area contributed by atoms with Crippen molar-refractivity contribution in [3.8, 4) is 0 Å². The van der Waals surface area contributed by atoms with Crippen molar-refractivity contribution < 1.29 is 4.74 Å². The zero-order valence-corrected chi connectivity index (χ0v) is 13.8. The van der Waals surface area contributed by atoms with Crippen molar-refractivity contribution in [1.82, 2.24) is 9.55 Å². The molecule has 4 rings (SSSR count). The van der Waals surface area contributed by atoms with Crippen LogP contribution in [0.2, 0.25) is 10.0 Å². The molecule has 0 saturated carbocycles. The van der Waals surface area contributed by atoms with E-state index in [1.165, 1.54) is 5.56 Å². The van der Waals surface area contributed by atoms with Gasteiger partial charge in [0.1, 0.15) is 5.60 Å². The van der Waals surface area contributed by atoms with Crippen LogP contribution in [-0.4, -0.2) is 9.55 Å². The molecule has 0 bridgehead atoms. The molecule has 1 atom stereocenters. The number of aromatic nitrogens is 2. The third-order valence-electron chi connectivity index (χ3n) is 4.26. The summed E-state index contributed by atoms with van der Waals surface area (Å²) in [6.07, 6.45) is 5.48. The molecule has 0 radical (unpaired) electrons. The minimum absolute atomic E-state index is 0.559. The fraction of sp³-hybridized carbons (Fsp3) is 0.167. The van der Waals surface area contributed by atoms with Gasteiger partial charge in [-0.1, -0.05) is 53.5 Å². The van der Waals surface area contributed by atoms with Crippen LogP contribution in [0.25, 0.3) is 0 Å². The second-order valence-electron chi connectivity index (χ2n) is 5.63. The van der Waals surface area contributed by atoms with Crippen molar-refractivity contribution in [2.45, 2.75) is 18.8 Å². The molecule has 1 aromatic heterocycles. The highest BCUT2D eigenvalue weighted by Crippen LogP contribution is 2.46. The predicted molar refractivity (Wildman–Crippen MR) is 90.7 cm³/mol. The number of benzene rings is 2. The molecule has 0 unspecified atom stereocenters. The average molecular weight is 345 g/mol. The van der Waals surface area contributed by atoms with Crippen LogP contribution in [0.3, 0.4) is 0 Å². The molecular formula is C18H14Cl2N2O. The summed E-state index contributed by atoms with van der Waals surface area (Å²) in [5.74, 6) is 0. The Kier molecular flexibility index (Phi) is 3.64. The van der Waals surface area contributed by atoms with Crippen molar-refractivity contribution in [3.63, 3.8) is 0 Å². The molecule has 116 valence electrons. The van der Waals surface area contributed by atoms with Crippen LogP contribution in [0.5, 0.6) is 0 Å². The molecule has 0 spiro atoms. The molecule has 0 aliphatic carbocycles. The maximum Gasteiger partial charge on any atom is 0.138 e. The van der Waals surface area contributed by atoms with Crippen LogP contribution in [0.4, 0.5) is 0 Å². The van der Waals surface area contributed by atoms with Crippen LogP contribution < -0.4 is 0 Å². The molecule has 23 heavy (non-hydrogen) atoms. The Morgan fingerprint density at radius 2 is 2.00 bits per heavy atom. The number of hydrogen-bond acceptors (Lipinski definition) is 2. The normalized spacial score (nSPS) is 19.7. The standard InChI is InChI=1S/C18H14Cl2N2O/c19-14-5-6-16(17(20)9-14)18(11-22-8-7-21-12-22)15-4-2-1-3-13(15)10-23-18/h1-9,12H,10-11H2/t18-/m1/s1. The highest BCUT2D eigenvalue weighted by molar-refractivity contribution is 6.35. The van der Waals surface area contributed by atoms with Crippen LogP contribution in [0.15, 0.2) is 61.2 Å². The van der Waals surface area contributed by atoms with E-state index in [0.29, 0.717) is 23.2 Å². The molecule has 2 aromatic carbocycles. The van der Waals surface area contributed by atoms with Gasteiger partial charge in [-0.15, -0.1) is 0 Å². The first-order chi connectivity index (χ1) is 11.2. The highest BCUT2D eigenvalue weighted by Gasteiger charge is 2.43. The zero-order valence-electron chi connectivity index (χ0n) is 12.2. The lowest BCUT2D eigenvalue weighted by Crippen LogP contribution is -2.32. The van der Waals surface area contributed by atoms with Crippen molar-refractivity contribution in [2.24, 2.45) is 0 Å². The Morgan fingerprint density at radius 3 is 2.78 bits per heavy atom. The van der Waals surface area contributed by atoms with Gasteiger partial charge in [0.05, 0.1) is 19.5 Å². The summed E-state index contributed by atoms with van der Waals surface area (Å²) in [5.41, 5.74) is 2.60. The first-order valence-electron chi connectivity index (χ1n) is 7.33. The van der Waals surface area contributed by atoms with Gasteiger partial charge in [0.15, 0.2) is 0 Å². The number of nitrogens with zero attached hydrogens (tertiary/aromatic N) is 2. The summed E-state index contributed by atoms with van der Waals surface area (Å²) in [6, 6.07) is 13.8. The van der Waals surface area contributed by atoms with Gasteiger partial charge in [0, 0.05) is 28.0 Å². The highest BCUT2D eigenvalue weighted by atomic mass is 35.5. The van der Waals surface area contributed by atoms with E-state index in [9.17, 15) is 0 Å². The lowest BCUT2D eigenvalue weighted by molar-refractivity contribution is -0.0180. The minimum atomic E-state index is -0.640. The van der Waals surface area contributed by atoms with E-state index in [4.69, 9.17) is 27.9 Å². The second-order valence-corrected chi connectivity index (χ2v) is 6.48. The molecule has 5 heteroatoms. The van der Waals surface area contributed by atoms with Gasteiger partial charge in [-0.3, -0.25) is 0 Å². The maximum atomic E-state index is 6.52. The van der Waals surface area contributed by atoms with Crippen LogP contribution in [-0.2, 0) is 23.5 Å². The fourth-order valence-corrected chi connectivity index (χ4v) is 3.77. The molecule has 3 aromatic rings. The summed E-state index contributed by atoms with van der Waals surface area (Å²) < 4.78 is 8.32. The summed E-state index contributed by atoms with van der Waals surface area (Å²) in [4.78, 5) is 4.13. The number of hydrogen-bond donors (Lipinski definition) is 0. The Labute approximate surface area is 144 Å². The number of halogens is 2. The molecular weight excluding hydrogens is 331 g/mol. The molecule has 3 nitrogen and oxygen atoms in total. The predicted octanol–water partition coefficient (Wildman–Crippen LogP) is 4.66. The smallest absolute Gasteiger partial charge is 0.138 e. The van der Waals surface area contributed by atoms with E-state index >= 15 is 0 Å². The van der Waals surface area contributed by atoms with Crippen molar-refractivity contribution >= 4 is 23.2 Å². The van der Waals surface area contributed by atoms with Crippen molar-refractivity contribution in [2.75, 3.05) is 0 Å². The molecule has 0 fully saturated rings. The van der Waals surface area contributed by atoms with Crippen molar-refractivity contribution in [3.05, 3.63) is 87.9 Å². The van der Waals surface area contributed by atoms with Gasteiger partial charge < -0.3 is 9.30 Å². The van der Waals surface area contributed by atoms with Crippen molar-refractivity contribution in [1.29, 1.82) is 0 Å². The third kappa shape index (κ3) is 2.45. The lowest BCUT2D eigenvalue weighted by Gasteiger charge is -2.31. The van der Waals surface area contributed by atoms with Gasteiger partial charge in [0.2, 0.25) is 0 Å². The Bertz CT molecular complexity index is 848. The van der Waals surface area contributed by atoms with E-state index in [0.717, 1.165) is 11.1 Å². The van der Waals surface area contributed by atoms with Gasteiger partial charge >= 0.3 is 0 Å². The zero-order chi connectivity index (χ0) is 15.9. The third-order valence-corrected chi connectivity index (χ3v) is 4.80. The number of rotatable bonds is 3. The van der Waals surface area contributed by atoms with E-state index < -0.39 is 5.60 Å². The molecule has 0 amide bonds. The van der Waals surface area contributed by atoms with E-state index in [1.54, 1.807) is 18.6 Å². The van der Waals surface area contributed by atoms with Gasteiger partial charge in [-0.25, -0.2) is 4.98 Å². The van der Waals surface area contributed by atoms with E-state index in [2.05, 4.69) is 17.1 Å². The molecule has 1 aliphatic heterocycles. The quantitative estimate of drug-likeness (QED) is 0.690. The second kappa shape index (κ2) is 5.68. The number of fused-ring (bicyclic) bond motifs is 1. The summed E-state index contributed by atoms with van der Waals surface area (Å²) in [5, 5.41) is 1.22. The fourth-order valence-electron chi connectivity index (χ4n) is 3.21. The largest absolute Gasteiger partial charge is 0.359 e. The SMILES string of the molecule is Clc1ccc([C@]2(Cn3ccnc3)OCc3ccccc32)c(Cl)c1. The monoisotopic (exact) mass is 344 g/mol. The maximum absolute atomic E-state index is 6.52.